The van der Waals surface area contributed by atoms with E-state index >= 15 is 0 Å². The van der Waals surface area contributed by atoms with Gasteiger partial charge in [-0.05, 0) is 31.4 Å². The van der Waals surface area contributed by atoms with E-state index in [0.29, 0.717) is 16.8 Å². The Morgan fingerprint density at radius 2 is 2.06 bits per heavy atom. The van der Waals surface area contributed by atoms with E-state index in [2.05, 4.69) is 29.5 Å². The van der Waals surface area contributed by atoms with Gasteiger partial charge in [-0.2, -0.15) is 0 Å². The maximum absolute atomic E-state index is 12.0. The standard InChI is InChI=1S/C13H20ClN3O/c1-8(2)7-9(3)16-13(18)12-10(14)5-6-11(15-4)17-12/h5-6,8-9H,7H2,1-4H3,(H,15,17)(H,16,18). The summed E-state index contributed by atoms with van der Waals surface area (Å²) in [6, 6.07) is 3.51. The van der Waals surface area contributed by atoms with Crippen molar-refractivity contribution in [3.05, 3.63) is 22.8 Å². The first-order valence-electron chi connectivity index (χ1n) is 6.09. The summed E-state index contributed by atoms with van der Waals surface area (Å²) < 4.78 is 0. The zero-order valence-corrected chi connectivity index (χ0v) is 12.0. The van der Waals surface area contributed by atoms with Gasteiger partial charge in [-0.15, -0.1) is 0 Å². The van der Waals surface area contributed by atoms with Crippen molar-refractivity contribution >= 4 is 23.3 Å². The van der Waals surface area contributed by atoms with Gasteiger partial charge in [0.1, 0.15) is 11.5 Å². The van der Waals surface area contributed by atoms with Crippen LogP contribution in [0.25, 0.3) is 0 Å². The Kier molecular flexibility index (Phi) is 5.41. The molecule has 0 spiro atoms. The maximum atomic E-state index is 12.0. The molecule has 0 aliphatic rings. The number of hydrogen-bond donors (Lipinski definition) is 2. The maximum Gasteiger partial charge on any atom is 0.271 e. The van der Waals surface area contributed by atoms with Crippen LogP contribution in [-0.4, -0.2) is 24.0 Å². The molecule has 0 saturated heterocycles. The highest BCUT2D eigenvalue weighted by Crippen LogP contribution is 2.17. The van der Waals surface area contributed by atoms with Gasteiger partial charge in [0.05, 0.1) is 5.02 Å². The van der Waals surface area contributed by atoms with Gasteiger partial charge >= 0.3 is 0 Å². The molecular formula is C13H20ClN3O. The summed E-state index contributed by atoms with van der Waals surface area (Å²) in [6.45, 7) is 6.22. The van der Waals surface area contributed by atoms with Crippen molar-refractivity contribution in [2.45, 2.75) is 33.2 Å². The Hall–Kier alpha value is -1.29. The number of nitrogens with zero attached hydrogens (tertiary/aromatic N) is 1. The molecule has 100 valence electrons. The number of anilines is 1. The SMILES string of the molecule is CNc1ccc(Cl)c(C(=O)NC(C)CC(C)C)n1. The van der Waals surface area contributed by atoms with Crippen LogP contribution in [0.2, 0.25) is 5.02 Å². The fraction of sp³-hybridized carbons (Fsp3) is 0.538. The van der Waals surface area contributed by atoms with E-state index in [-0.39, 0.29) is 17.6 Å². The van der Waals surface area contributed by atoms with Crippen LogP contribution in [0.1, 0.15) is 37.7 Å². The summed E-state index contributed by atoms with van der Waals surface area (Å²) in [6.07, 6.45) is 0.926. The van der Waals surface area contributed by atoms with Crippen molar-refractivity contribution in [1.82, 2.24) is 10.3 Å². The Labute approximate surface area is 113 Å². The van der Waals surface area contributed by atoms with Crippen molar-refractivity contribution in [3.63, 3.8) is 0 Å². The van der Waals surface area contributed by atoms with Crippen molar-refractivity contribution in [2.75, 3.05) is 12.4 Å². The van der Waals surface area contributed by atoms with E-state index in [4.69, 9.17) is 11.6 Å². The Bertz CT molecular complexity index is 421. The van der Waals surface area contributed by atoms with E-state index in [1.54, 1.807) is 19.2 Å². The topological polar surface area (TPSA) is 54.0 Å². The van der Waals surface area contributed by atoms with Crippen LogP contribution in [0.5, 0.6) is 0 Å². The molecule has 1 rings (SSSR count). The molecule has 0 aromatic carbocycles. The second kappa shape index (κ2) is 6.59. The first kappa shape index (κ1) is 14.8. The quantitative estimate of drug-likeness (QED) is 0.864. The Morgan fingerprint density at radius 1 is 1.39 bits per heavy atom. The predicted octanol–water partition coefficient (Wildman–Crippen LogP) is 2.94. The smallest absolute Gasteiger partial charge is 0.271 e. The van der Waals surface area contributed by atoms with Crippen molar-refractivity contribution in [3.8, 4) is 0 Å². The van der Waals surface area contributed by atoms with Gasteiger partial charge in [0.15, 0.2) is 0 Å². The lowest BCUT2D eigenvalue weighted by atomic mass is 10.1. The van der Waals surface area contributed by atoms with Crippen LogP contribution < -0.4 is 10.6 Å². The molecule has 1 atom stereocenters. The predicted molar refractivity (Wildman–Crippen MR) is 75.2 cm³/mol. The lowest BCUT2D eigenvalue weighted by Gasteiger charge is -2.16. The van der Waals surface area contributed by atoms with Crippen LogP contribution in [0.15, 0.2) is 12.1 Å². The van der Waals surface area contributed by atoms with Crippen LogP contribution in [-0.2, 0) is 0 Å². The molecule has 0 saturated carbocycles. The third-order valence-electron chi connectivity index (χ3n) is 2.52. The number of pyridine rings is 1. The van der Waals surface area contributed by atoms with Crippen LogP contribution in [0.3, 0.4) is 0 Å². The second-order valence-electron chi connectivity index (χ2n) is 4.78. The average Bonchev–Trinajstić information content (AvgIpc) is 2.28. The lowest BCUT2D eigenvalue weighted by molar-refractivity contribution is 0.0931. The first-order chi connectivity index (χ1) is 8.43. The van der Waals surface area contributed by atoms with Crippen molar-refractivity contribution < 1.29 is 4.79 Å². The van der Waals surface area contributed by atoms with Gasteiger partial charge in [0, 0.05) is 13.1 Å². The number of aromatic nitrogens is 1. The summed E-state index contributed by atoms with van der Waals surface area (Å²) in [5.74, 6) is 0.929. The zero-order chi connectivity index (χ0) is 13.7. The van der Waals surface area contributed by atoms with Gasteiger partial charge in [0.25, 0.3) is 5.91 Å². The van der Waals surface area contributed by atoms with E-state index in [9.17, 15) is 4.79 Å². The Morgan fingerprint density at radius 3 is 2.61 bits per heavy atom. The number of carbonyl (C=O) groups is 1. The molecule has 18 heavy (non-hydrogen) atoms. The largest absolute Gasteiger partial charge is 0.373 e. The number of nitrogens with one attached hydrogen (secondary N) is 2. The summed E-state index contributed by atoms with van der Waals surface area (Å²) in [4.78, 5) is 16.2. The highest BCUT2D eigenvalue weighted by molar-refractivity contribution is 6.33. The van der Waals surface area contributed by atoms with Crippen molar-refractivity contribution in [2.24, 2.45) is 5.92 Å². The van der Waals surface area contributed by atoms with Gasteiger partial charge in [0.2, 0.25) is 0 Å². The van der Waals surface area contributed by atoms with Crippen LogP contribution >= 0.6 is 11.6 Å². The molecule has 4 nitrogen and oxygen atoms in total. The molecule has 1 aromatic rings. The van der Waals surface area contributed by atoms with E-state index in [1.165, 1.54) is 0 Å². The number of rotatable bonds is 5. The third-order valence-corrected chi connectivity index (χ3v) is 2.82. The number of hydrogen-bond acceptors (Lipinski definition) is 3. The van der Waals surface area contributed by atoms with Crippen LogP contribution in [0, 0.1) is 5.92 Å². The molecule has 2 N–H and O–H groups in total. The highest BCUT2D eigenvalue weighted by atomic mass is 35.5. The average molecular weight is 270 g/mol. The van der Waals surface area contributed by atoms with E-state index in [1.807, 2.05) is 6.92 Å². The molecule has 1 unspecified atom stereocenters. The lowest BCUT2D eigenvalue weighted by Crippen LogP contribution is -2.34. The fourth-order valence-electron chi connectivity index (χ4n) is 1.80. The molecule has 1 heterocycles. The molecule has 1 aromatic heterocycles. The van der Waals surface area contributed by atoms with Crippen molar-refractivity contribution in [1.29, 1.82) is 0 Å². The fourth-order valence-corrected chi connectivity index (χ4v) is 1.99. The summed E-state index contributed by atoms with van der Waals surface area (Å²) in [7, 11) is 1.75. The number of amides is 1. The first-order valence-corrected chi connectivity index (χ1v) is 6.47. The number of carbonyl (C=O) groups excluding carboxylic acids is 1. The molecule has 0 aliphatic carbocycles. The molecular weight excluding hydrogens is 250 g/mol. The van der Waals surface area contributed by atoms with Crippen LogP contribution in [0.4, 0.5) is 5.82 Å². The number of halogens is 1. The molecule has 1 amide bonds. The minimum atomic E-state index is -0.231. The monoisotopic (exact) mass is 269 g/mol. The molecule has 0 bridgehead atoms. The normalized spacial score (nSPS) is 12.3. The molecule has 0 fully saturated rings. The third kappa shape index (κ3) is 4.18. The van der Waals surface area contributed by atoms with Gasteiger partial charge < -0.3 is 10.6 Å². The summed E-state index contributed by atoms with van der Waals surface area (Å²) >= 11 is 5.99. The Balaban J connectivity index is 2.77. The van der Waals surface area contributed by atoms with E-state index < -0.39 is 0 Å². The molecule has 0 aliphatic heterocycles. The molecule has 5 heteroatoms. The molecule has 0 radical (unpaired) electrons. The highest BCUT2D eigenvalue weighted by Gasteiger charge is 2.15. The second-order valence-corrected chi connectivity index (χ2v) is 5.19. The van der Waals surface area contributed by atoms with Gasteiger partial charge in [-0.1, -0.05) is 25.4 Å². The zero-order valence-electron chi connectivity index (χ0n) is 11.2. The summed E-state index contributed by atoms with van der Waals surface area (Å²) in [5.41, 5.74) is 0.263. The van der Waals surface area contributed by atoms with Gasteiger partial charge in [-0.3, -0.25) is 4.79 Å². The summed E-state index contributed by atoms with van der Waals surface area (Å²) in [5, 5.41) is 6.16. The minimum absolute atomic E-state index is 0.105. The van der Waals surface area contributed by atoms with Gasteiger partial charge in [-0.25, -0.2) is 4.98 Å². The minimum Gasteiger partial charge on any atom is -0.373 e. The van der Waals surface area contributed by atoms with E-state index in [0.717, 1.165) is 6.42 Å².